The van der Waals surface area contributed by atoms with Crippen LogP contribution in [0.25, 0.3) is 11.5 Å². The van der Waals surface area contributed by atoms with Crippen LogP contribution in [0, 0.1) is 10.1 Å². The second kappa shape index (κ2) is 8.25. The van der Waals surface area contributed by atoms with E-state index in [0.29, 0.717) is 22.8 Å². The van der Waals surface area contributed by atoms with Gasteiger partial charge >= 0.3 is 6.01 Å². The molecule has 0 saturated carbocycles. The zero-order valence-corrected chi connectivity index (χ0v) is 15.7. The van der Waals surface area contributed by atoms with Gasteiger partial charge < -0.3 is 18.6 Å². The molecule has 11 nitrogen and oxygen atoms in total. The van der Waals surface area contributed by atoms with E-state index in [0.717, 1.165) is 0 Å². The number of benzene rings is 2. The van der Waals surface area contributed by atoms with Crippen LogP contribution in [0.4, 0.5) is 11.7 Å². The molecule has 3 aromatic rings. The standard InChI is InChI=1S/C18H16N4O7/c1-26-13-8-11(9-14(27-2)15(13)28-3)16(23)19-18-21-20-17(29-18)10-4-6-12(7-5-10)22(24)25/h4-9H,1-3H3,(H,19,21,23). The number of carbonyl (C=O) groups is 1. The Labute approximate surface area is 164 Å². The second-order valence-electron chi connectivity index (χ2n) is 5.58. The third-order valence-corrected chi connectivity index (χ3v) is 3.90. The van der Waals surface area contributed by atoms with Gasteiger partial charge in [0, 0.05) is 23.3 Å². The van der Waals surface area contributed by atoms with Gasteiger partial charge in [-0.3, -0.25) is 20.2 Å². The van der Waals surface area contributed by atoms with Crippen LogP contribution in [-0.2, 0) is 0 Å². The summed E-state index contributed by atoms with van der Waals surface area (Å²) in [6.07, 6.45) is 0. The number of nitro benzene ring substituents is 1. The summed E-state index contributed by atoms with van der Waals surface area (Å²) in [5.41, 5.74) is 0.621. The number of anilines is 1. The second-order valence-corrected chi connectivity index (χ2v) is 5.58. The number of nitro groups is 1. The molecule has 3 rings (SSSR count). The summed E-state index contributed by atoms with van der Waals surface area (Å²) in [4.78, 5) is 22.8. The fraction of sp³-hybridized carbons (Fsp3) is 0.167. The van der Waals surface area contributed by atoms with Crippen molar-refractivity contribution < 1.29 is 28.3 Å². The minimum Gasteiger partial charge on any atom is -0.493 e. The van der Waals surface area contributed by atoms with Gasteiger partial charge in [0.25, 0.3) is 11.6 Å². The lowest BCUT2D eigenvalue weighted by Crippen LogP contribution is -2.13. The van der Waals surface area contributed by atoms with Gasteiger partial charge in [-0.25, -0.2) is 0 Å². The van der Waals surface area contributed by atoms with Crippen LogP contribution in [-0.4, -0.2) is 42.4 Å². The molecule has 1 heterocycles. The number of rotatable bonds is 7. The van der Waals surface area contributed by atoms with E-state index < -0.39 is 10.8 Å². The molecule has 29 heavy (non-hydrogen) atoms. The van der Waals surface area contributed by atoms with Gasteiger partial charge in [-0.2, -0.15) is 0 Å². The Morgan fingerprint density at radius 1 is 1.03 bits per heavy atom. The Balaban J connectivity index is 1.81. The Morgan fingerprint density at radius 2 is 1.66 bits per heavy atom. The number of hydrogen-bond acceptors (Lipinski definition) is 9. The number of ether oxygens (including phenoxy) is 3. The average molecular weight is 400 g/mol. The van der Waals surface area contributed by atoms with Crippen LogP contribution in [0.5, 0.6) is 17.2 Å². The van der Waals surface area contributed by atoms with Gasteiger partial charge in [0.15, 0.2) is 11.5 Å². The molecule has 150 valence electrons. The zero-order valence-electron chi connectivity index (χ0n) is 15.7. The van der Waals surface area contributed by atoms with E-state index in [9.17, 15) is 14.9 Å². The van der Waals surface area contributed by atoms with E-state index >= 15 is 0 Å². The molecule has 1 aromatic heterocycles. The van der Waals surface area contributed by atoms with Crippen LogP contribution in [0.1, 0.15) is 10.4 Å². The third kappa shape index (κ3) is 4.08. The molecule has 0 bridgehead atoms. The summed E-state index contributed by atoms with van der Waals surface area (Å²) in [7, 11) is 4.33. The molecule has 0 spiro atoms. The van der Waals surface area contributed by atoms with E-state index in [4.69, 9.17) is 18.6 Å². The molecule has 2 aromatic carbocycles. The first-order valence-electron chi connectivity index (χ1n) is 8.16. The molecule has 0 fully saturated rings. The number of hydrogen-bond donors (Lipinski definition) is 1. The molecule has 0 radical (unpaired) electrons. The van der Waals surface area contributed by atoms with Crippen molar-refractivity contribution in [1.82, 2.24) is 10.2 Å². The Bertz CT molecular complexity index is 1020. The first kappa shape index (κ1) is 19.6. The van der Waals surface area contributed by atoms with E-state index in [-0.39, 0.29) is 23.2 Å². The third-order valence-electron chi connectivity index (χ3n) is 3.90. The van der Waals surface area contributed by atoms with Gasteiger partial charge in [-0.05, 0) is 24.3 Å². The van der Waals surface area contributed by atoms with Crippen LogP contribution in [0.2, 0.25) is 0 Å². The summed E-state index contributed by atoms with van der Waals surface area (Å²) in [5, 5.41) is 20.8. The monoisotopic (exact) mass is 400 g/mol. The van der Waals surface area contributed by atoms with Gasteiger partial charge in [-0.1, -0.05) is 5.10 Å². The predicted octanol–water partition coefficient (Wildman–Crippen LogP) is 2.92. The van der Waals surface area contributed by atoms with E-state index in [1.807, 2.05) is 0 Å². The Kier molecular flexibility index (Phi) is 5.58. The fourth-order valence-corrected chi connectivity index (χ4v) is 2.50. The van der Waals surface area contributed by atoms with Crippen LogP contribution in [0.3, 0.4) is 0 Å². The molecule has 1 amide bonds. The molecule has 0 unspecified atom stereocenters. The number of amides is 1. The number of nitrogens with one attached hydrogen (secondary N) is 1. The SMILES string of the molecule is COc1cc(C(=O)Nc2nnc(-c3ccc([N+](=O)[O-])cc3)o2)cc(OC)c1OC. The van der Waals surface area contributed by atoms with E-state index in [1.165, 1.54) is 57.7 Å². The van der Waals surface area contributed by atoms with E-state index in [1.54, 1.807) is 0 Å². The molecule has 1 N–H and O–H groups in total. The average Bonchev–Trinajstić information content (AvgIpc) is 3.20. The highest BCUT2D eigenvalue weighted by atomic mass is 16.6. The molecular weight excluding hydrogens is 384 g/mol. The van der Waals surface area contributed by atoms with Crippen molar-refractivity contribution in [1.29, 1.82) is 0 Å². The number of carbonyl (C=O) groups excluding carboxylic acids is 1. The zero-order chi connectivity index (χ0) is 21.0. The van der Waals surface area contributed by atoms with Crippen LogP contribution >= 0.6 is 0 Å². The molecular formula is C18H16N4O7. The Morgan fingerprint density at radius 3 is 2.17 bits per heavy atom. The fourth-order valence-electron chi connectivity index (χ4n) is 2.50. The topological polar surface area (TPSA) is 139 Å². The van der Waals surface area contributed by atoms with E-state index in [2.05, 4.69) is 15.5 Å². The number of nitrogens with zero attached hydrogens (tertiary/aromatic N) is 3. The normalized spacial score (nSPS) is 10.3. The van der Waals surface area contributed by atoms with Crippen LogP contribution < -0.4 is 19.5 Å². The smallest absolute Gasteiger partial charge is 0.322 e. The summed E-state index contributed by atoms with van der Waals surface area (Å²) in [6.45, 7) is 0. The van der Waals surface area contributed by atoms with Gasteiger partial charge in [0.1, 0.15) is 0 Å². The summed E-state index contributed by atoms with van der Waals surface area (Å²) >= 11 is 0. The predicted molar refractivity (Wildman–Crippen MR) is 100 cm³/mol. The van der Waals surface area contributed by atoms with Crippen molar-refractivity contribution in [3.8, 4) is 28.7 Å². The molecule has 0 atom stereocenters. The summed E-state index contributed by atoms with van der Waals surface area (Å²) < 4.78 is 21.1. The summed E-state index contributed by atoms with van der Waals surface area (Å²) in [6, 6.07) is 8.38. The largest absolute Gasteiger partial charge is 0.493 e. The summed E-state index contributed by atoms with van der Waals surface area (Å²) in [5.74, 6) is 0.538. The lowest BCUT2D eigenvalue weighted by atomic mass is 10.1. The number of non-ortho nitro benzene ring substituents is 1. The first-order valence-corrected chi connectivity index (χ1v) is 8.16. The highest BCUT2D eigenvalue weighted by molar-refractivity contribution is 6.04. The molecule has 0 aliphatic heterocycles. The molecule has 0 aliphatic carbocycles. The number of aromatic nitrogens is 2. The van der Waals surface area contributed by atoms with Crippen LogP contribution in [0.15, 0.2) is 40.8 Å². The molecule has 0 aliphatic rings. The lowest BCUT2D eigenvalue weighted by molar-refractivity contribution is -0.384. The van der Waals surface area contributed by atoms with Crippen molar-refractivity contribution >= 4 is 17.6 Å². The van der Waals surface area contributed by atoms with Crippen molar-refractivity contribution in [2.45, 2.75) is 0 Å². The quantitative estimate of drug-likeness (QED) is 0.468. The molecule has 0 saturated heterocycles. The van der Waals surface area contributed by atoms with Crippen molar-refractivity contribution in [2.24, 2.45) is 0 Å². The first-order chi connectivity index (χ1) is 14.0. The highest BCUT2D eigenvalue weighted by Crippen LogP contribution is 2.38. The van der Waals surface area contributed by atoms with Crippen molar-refractivity contribution in [3.05, 3.63) is 52.1 Å². The van der Waals surface area contributed by atoms with Gasteiger partial charge in [-0.15, -0.1) is 5.10 Å². The maximum atomic E-state index is 12.5. The van der Waals surface area contributed by atoms with Crippen molar-refractivity contribution in [2.75, 3.05) is 26.6 Å². The highest BCUT2D eigenvalue weighted by Gasteiger charge is 2.19. The van der Waals surface area contributed by atoms with Gasteiger partial charge in [0.05, 0.1) is 26.3 Å². The van der Waals surface area contributed by atoms with Gasteiger partial charge in [0.2, 0.25) is 11.6 Å². The number of methoxy groups -OCH3 is 3. The Hall–Kier alpha value is -4.15. The maximum absolute atomic E-state index is 12.5. The molecule has 11 heteroatoms. The maximum Gasteiger partial charge on any atom is 0.322 e. The lowest BCUT2D eigenvalue weighted by Gasteiger charge is -2.13. The van der Waals surface area contributed by atoms with Crippen molar-refractivity contribution in [3.63, 3.8) is 0 Å². The minimum atomic E-state index is -0.539. The minimum absolute atomic E-state index is 0.0656.